The number of hydrogen-bond donors (Lipinski definition) is 1. The number of halogens is 1. The molecule has 0 unspecified atom stereocenters. The first-order valence-electron chi connectivity index (χ1n) is 8.00. The van der Waals surface area contributed by atoms with Crippen molar-refractivity contribution in [3.8, 4) is 5.75 Å². The minimum atomic E-state index is -5.04. The van der Waals surface area contributed by atoms with Gasteiger partial charge in [-0.15, -0.1) is 0 Å². The Balaban J connectivity index is 1.90. The number of nitrogens with one attached hydrogen (secondary N) is 1. The first kappa shape index (κ1) is 19.3. The molecule has 0 radical (unpaired) electrons. The highest BCUT2D eigenvalue weighted by atomic mass is 32.3. The molecule has 1 heterocycles. The number of anilines is 1. The van der Waals surface area contributed by atoms with E-state index in [9.17, 15) is 17.1 Å². The third-order valence-corrected chi connectivity index (χ3v) is 3.99. The van der Waals surface area contributed by atoms with E-state index in [4.69, 9.17) is 4.74 Å². The Bertz CT molecular complexity index is 709. The number of carbonyl (C=O) groups excluding carboxylic acids is 1. The fraction of sp³-hybridized carbons (Fsp3) is 0.562. The molecule has 1 aliphatic rings. The Hall–Kier alpha value is -2.03. The fourth-order valence-electron chi connectivity index (χ4n) is 2.60. The van der Waals surface area contributed by atoms with Gasteiger partial charge in [-0.05, 0) is 45.7 Å². The van der Waals surface area contributed by atoms with Crippen LogP contribution in [0.4, 0.5) is 14.4 Å². The van der Waals surface area contributed by atoms with E-state index in [1.807, 2.05) is 25.7 Å². The van der Waals surface area contributed by atoms with Gasteiger partial charge >= 0.3 is 16.6 Å². The van der Waals surface area contributed by atoms with Crippen LogP contribution in [0.25, 0.3) is 0 Å². The molecule has 0 aromatic heterocycles. The monoisotopic (exact) mass is 374 g/mol. The van der Waals surface area contributed by atoms with Gasteiger partial charge in [0.1, 0.15) is 11.4 Å². The largest absolute Gasteiger partial charge is 0.488 e. The lowest BCUT2D eigenvalue weighted by Gasteiger charge is -2.34. The average Bonchev–Trinajstić information content (AvgIpc) is 2.44. The molecule has 9 heteroatoms. The molecule has 140 valence electrons. The van der Waals surface area contributed by atoms with Crippen LogP contribution in [0, 0.1) is 0 Å². The van der Waals surface area contributed by atoms with Crippen molar-refractivity contribution in [1.82, 2.24) is 5.32 Å². The van der Waals surface area contributed by atoms with Crippen LogP contribution in [-0.4, -0.2) is 39.2 Å². The summed E-state index contributed by atoms with van der Waals surface area (Å²) in [7, 11) is -5.04. The highest BCUT2D eigenvalue weighted by molar-refractivity contribution is 7.81. The van der Waals surface area contributed by atoms with E-state index in [2.05, 4.69) is 9.50 Å². The molecule has 1 aromatic rings. The summed E-state index contributed by atoms with van der Waals surface area (Å²) in [6, 6.07) is 6.24. The molecule has 1 fully saturated rings. The summed E-state index contributed by atoms with van der Waals surface area (Å²) in [5.74, 6) is -0.0750. The topological polar surface area (TPSA) is 84.9 Å². The summed E-state index contributed by atoms with van der Waals surface area (Å²) in [5, 5.41) is 2.85. The highest BCUT2D eigenvalue weighted by Gasteiger charge is 2.24. The van der Waals surface area contributed by atoms with E-state index in [1.54, 1.807) is 12.1 Å². The molecule has 2 rings (SSSR count). The molecule has 0 bridgehead atoms. The van der Waals surface area contributed by atoms with Crippen molar-refractivity contribution >= 4 is 22.3 Å². The second-order valence-electron chi connectivity index (χ2n) is 6.88. The lowest BCUT2D eigenvalue weighted by Crippen LogP contribution is -2.46. The van der Waals surface area contributed by atoms with E-state index in [-0.39, 0.29) is 11.8 Å². The quantitative estimate of drug-likeness (QED) is 0.816. The maximum atomic E-state index is 12.6. The van der Waals surface area contributed by atoms with Gasteiger partial charge in [0.25, 0.3) is 0 Å². The van der Waals surface area contributed by atoms with Gasteiger partial charge < -0.3 is 19.1 Å². The van der Waals surface area contributed by atoms with Crippen LogP contribution >= 0.6 is 0 Å². The van der Waals surface area contributed by atoms with Crippen LogP contribution in [-0.2, 0) is 15.2 Å². The zero-order chi connectivity index (χ0) is 18.7. The zero-order valence-electron chi connectivity index (χ0n) is 14.5. The Morgan fingerprint density at radius 1 is 1.28 bits per heavy atom. The highest BCUT2D eigenvalue weighted by Crippen LogP contribution is 2.25. The van der Waals surface area contributed by atoms with Crippen LogP contribution in [0.15, 0.2) is 24.3 Å². The van der Waals surface area contributed by atoms with Crippen molar-refractivity contribution in [2.75, 3.05) is 18.0 Å². The number of benzene rings is 1. The van der Waals surface area contributed by atoms with Gasteiger partial charge in [-0.2, -0.15) is 8.42 Å². The summed E-state index contributed by atoms with van der Waals surface area (Å²) in [6.07, 6.45) is 0.992. The number of piperidine rings is 1. The first-order valence-corrected chi connectivity index (χ1v) is 9.31. The smallest absolute Gasteiger partial charge is 0.444 e. The Kier molecular flexibility index (Phi) is 5.76. The molecule has 1 aliphatic heterocycles. The number of hydrogen-bond acceptors (Lipinski definition) is 6. The summed E-state index contributed by atoms with van der Waals surface area (Å²) in [4.78, 5) is 13.8. The summed E-state index contributed by atoms with van der Waals surface area (Å²) in [5.41, 5.74) is 0.194. The average molecular weight is 374 g/mol. The number of ether oxygens (including phenoxy) is 1. The maximum absolute atomic E-state index is 12.6. The van der Waals surface area contributed by atoms with Gasteiger partial charge in [0, 0.05) is 30.9 Å². The molecular formula is C16H23FN2O5S. The Morgan fingerprint density at radius 3 is 2.48 bits per heavy atom. The number of alkyl carbamates (subject to hydrolysis) is 1. The van der Waals surface area contributed by atoms with Gasteiger partial charge in [-0.1, -0.05) is 9.95 Å². The van der Waals surface area contributed by atoms with Gasteiger partial charge in [0.15, 0.2) is 0 Å². The minimum Gasteiger partial charge on any atom is -0.444 e. The predicted octanol–water partition coefficient (Wildman–Crippen LogP) is 2.77. The van der Waals surface area contributed by atoms with E-state index in [0.29, 0.717) is 25.9 Å². The third kappa shape index (κ3) is 6.77. The fourth-order valence-corrected chi connectivity index (χ4v) is 2.94. The molecule has 0 aliphatic carbocycles. The van der Waals surface area contributed by atoms with Crippen LogP contribution in [0.5, 0.6) is 5.75 Å². The van der Waals surface area contributed by atoms with Crippen molar-refractivity contribution < 1.29 is 26.0 Å². The minimum absolute atomic E-state index is 0.0109. The first-order chi connectivity index (χ1) is 11.5. The standard InChI is InChI=1S/C16H23FN2O5S/c1-16(2,3)23-15(20)18-12-7-9-19(10-8-12)13-5-4-6-14(11-13)24-25(17,21)22/h4-6,11-12H,7-10H2,1-3H3,(H,18,20). The predicted molar refractivity (Wildman–Crippen MR) is 91.7 cm³/mol. The van der Waals surface area contributed by atoms with Crippen LogP contribution in [0.1, 0.15) is 33.6 Å². The van der Waals surface area contributed by atoms with Crippen molar-refractivity contribution in [1.29, 1.82) is 0 Å². The SMILES string of the molecule is CC(C)(C)OC(=O)NC1CCN(c2cccc(OS(=O)(=O)F)c2)CC1. The summed E-state index contributed by atoms with van der Waals surface area (Å²) >= 11 is 0. The Morgan fingerprint density at radius 2 is 1.92 bits per heavy atom. The number of carbonyl (C=O) groups is 1. The molecule has 1 saturated heterocycles. The van der Waals surface area contributed by atoms with Crippen molar-refractivity contribution in [3.05, 3.63) is 24.3 Å². The van der Waals surface area contributed by atoms with E-state index in [1.165, 1.54) is 12.1 Å². The molecular weight excluding hydrogens is 351 g/mol. The molecule has 1 N–H and O–H groups in total. The second-order valence-corrected chi connectivity index (χ2v) is 7.83. The van der Waals surface area contributed by atoms with E-state index >= 15 is 0 Å². The number of rotatable bonds is 4. The van der Waals surface area contributed by atoms with Crippen LogP contribution < -0.4 is 14.4 Å². The molecule has 0 saturated carbocycles. The Labute approximate surface area is 147 Å². The molecule has 1 aromatic carbocycles. The van der Waals surface area contributed by atoms with Crippen molar-refractivity contribution in [3.63, 3.8) is 0 Å². The second kappa shape index (κ2) is 7.47. The van der Waals surface area contributed by atoms with Crippen LogP contribution in [0.2, 0.25) is 0 Å². The molecule has 1 amide bonds. The summed E-state index contributed by atoms with van der Waals surface area (Å²) < 4.78 is 43.3. The van der Waals surface area contributed by atoms with E-state index < -0.39 is 22.2 Å². The molecule has 7 nitrogen and oxygen atoms in total. The maximum Gasteiger partial charge on any atom is 0.488 e. The van der Waals surface area contributed by atoms with Gasteiger partial charge in [-0.25, -0.2) is 4.79 Å². The lowest BCUT2D eigenvalue weighted by molar-refractivity contribution is 0.0497. The van der Waals surface area contributed by atoms with E-state index in [0.717, 1.165) is 5.69 Å². The number of amides is 1. The summed E-state index contributed by atoms with van der Waals surface area (Å²) in [6.45, 7) is 6.74. The zero-order valence-corrected chi connectivity index (χ0v) is 15.3. The third-order valence-electron chi connectivity index (χ3n) is 3.59. The van der Waals surface area contributed by atoms with Gasteiger partial charge in [0.05, 0.1) is 0 Å². The van der Waals surface area contributed by atoms with Crippen molar-refractivity contribution in [2.45, 2.75) is 45.3 Å². The molecule has 0 spiro atoms. The van der Waals surface area contributed by atoms with Gasteiger partial charge in [-0.3, -0.25) is 0 Å². The normalized spacial score (nSPS) is 16.4. The van der Waals surface area contributed by atoms with Crippen LogP contribution in [0.3, 0.4) is 0 Å². The number of nitrogens with zero attached hydrogens (tertiary/aromatic N) is 1. The lowest BCUT2D eigenvalue weighted by atomic mass is 10.0. The molecule has 25 heavy (non-hydrogen) atoms. The van der Waals surface area contributed by atoms with Gasteiger partial charge in [0.2, 0.25) is 0 Å². The molecule has 0 atom stereocenters. The van der Waals surface area contributed by atoms with Crippen molar-refractivity contribution in [2.24, 2.45) is 0 Å².